The second kappa shape index (κ2) is 7.67. The average Bonchev–Trinajstić information content (AvgIpc) is 3.20. The summed E-state index contributed by atoms with van der Waals surface area (Å²) in [7, 11) is 1.60. The van der Waals surface area contributed by atoms with Gasteiger partial charge in [0.15, 0.2) is 0 Å². The van der Waals surface area contributed by atoms with Gasteiger partial charge in [0.2, 0.25) is 0 Å². The van der Waals surface area contributed by atoms with Crippen molar-refractivity contribution in [3.05, 3.63) is 64.3 Å². The Labute approximate surface area is 171 Å². The molecule has 6 nitrogen and oxygen atoms in total. The highest BCUT2D eigenvalue weighted by Crippen LogP contribution is 2.34. The van der Waals surface area contributed by atoms with E-state index >= 15 is 0 Å². The van der Waals surface area contributed by atoms with Crippen LogP contribution in [0.1, 0.15) is 20.7 Å². The van der Waals surface area contributed by atoms with Crippen molar-refractivity contribution in [3.8, 4) is 5.75 Å². The fourth-order valence-electron chi connectivity index (χ4n) is 3.57. The van der Waals surface area contributed by atoms with E-state index in [9.17, 15) is 9.59 Å². The van der Waals surface area contributed by atoms with Gasteiger partial charge in [0.05, 0.1) is 23.6 Å². The summed E-state index contributed by atoms with van der Waals surface area (Å²) in [6.07, 6.45) is 1.72. The predicted molar refractivity (Wildman–Crippen MR) is 111 cm³/mol. The van der Waals surface area contributed by atoms with Crippen molar-refractivity contribution in [2.24, 2.45) is 0 Å². The standard InChI is InChI=1S/C21H20BrN3O3/c1-28-17-8-7-16(22)19-18(17)15(13-23-19)21(27)25-11-9-24(10-12-25)20(26)14-5-3-2-4-6-14/h2-8,13,23H,9-12H2,1H3. The number of rotatable bonds is 3. The summed E-state index contributed by atoms with van der Waals surface area (Å²) in [6.45, 7) is 2.03. The number of hydrogen-bond donors (Lipinski definition) is 1. The van der Waals surface area contributed by atoms with Gasteiger partial charge in [-0.1, -0.05) is 18.2 Å². The molecule has 2 aromatic carbocycles. The highest BCUT2D eigenvalue weighted by Gasteiger charge is 2.27. The summed E-state index contributed by atoms with van der Waals surface area (Å²) in [5.41, 5.74) is 2.09. The van der Waals surface area contributed by atoms with Crippen LogP contribution in [-0.4, -0.2) is 59.9 Å². The number of hydrogen-bond acceptors (Lipinski definition) is 3. The molecule has 0 unspecified atom stereocenters. The van der Waals surface area contributed by atoms with Gasteiger partial charge in [0, 0.05) is 42.4 Å². The molecule has 0 aliphatic carbocycles. The minimum absolute atomic E-state index is 0.00499. The lowest BCUT2D eigenvalue weighted by Crippen LogP contribution is -2.50. The highest BCUT2D eigenvalue weighted by molar-refractivity contribution is 9.10. The first kappa shape index (κ1) is 18.6. The first-order valence-electron chi connectivity index (χ1n) is 9.07. The molecule has 0 bridgehead atoms. The Hall–Kier alpha value is -2.80. The Morgan fingerprint density at radius 1 is 0.964 bits per heavy atom. The lowest BCUT2D eigenvalue weighted by atomic mass is 10.1. The molecule has 4 rings (SSSR count). The van der Waals surface area contributed by atoms with E-state index in [0.717, 1.165) is 15.4 Å². The van der Waals surface area contributed by atoms with Crippen LogP contribution < -0.4 is 4.74 Å². The van der Waals surface area contributed by atoms with Crippen LogP contribution in [0.4, 0.5) is 0 Å². The number of aromatic amines is 1. The molecule has 1 fully saturated rings. The number of halogens is 1. The molecular weight excluding hydrogens is 422 g/mol. The van der Waals surface area contributed by atoms with Gasteiger partial charge in [-0.05, 0) is 40.2 Å². The third-order valence-corrected chi connectivity index (χ3v) is 5.73. The van der Waals surface area contributed by atoms with Crippen LogP contribution in [0.3, 0.4) is 0 Å². The molecule has 2 heterocycles. The number of H-pyrrole nitrogens is 1. The van der Waals surface area contributed by atoms with Crippen LogP contribution in [0.15, 0.2) is 53.1 Å². The number of carbonyl (C=O) groups excluding carboxylic acids is 2. The number of benzene rings is 2. The van der Waals surface area contributed by atoms with Gasteiger partial charge in [0.25, 0.3) is 11.8 Å². The summed E-state index contributed by atoms with van der Waals surface area (Å²) in [4.78, 5) is 32.5. The second-order valence-corrected chi connectivity index (χ2v) is 7.51. The molecule has 3 aromatic rings. The van der Waals surface area contributed by atoms with Gasteiger partial charge in [0.1, 0.15) is 5.75 Å². The number of methoxy groups -OCH3 is 1. The zero-order valence-electron chi connectivity index (χ0n) is 15.4. The van der Waals surface area contributed by atoms with Crippen molar-refractivity contribution in [2.45, 2.75) is 0 Å². The molecule has 144 valence electrons. The van der Waals surface area contributed by atoms with Crippen molar-refractivity contribution in [3.63, 3.8) is 0 Å². The van der Waals surface area contributed by atoms with Crippen LogP contribution in [0, 0.1) is 0 Å². The zero-order chi connectivity index (χ0) is 19.7. The molecule has 28 heavy (non-hydrogen) atoms. The number of aromatic nitrogens is 1. The number of amides is 2. The minimum Gasteiger partial charge on any atom is -0.496 e. The Morgan fingerprint density at radius 3 is 2.25 bits per heavy atom. The summed E-state index contributed by atoms with van der Waals surface area (Å²) < 4.78 is 6.33. The van der Waals surface area contributed by atoms with Crippen LogP contribution in [0.2, 0.25) is 0 Å². The molecule has 0 spiro atoms. The molecule has 0 radical (unpaired) electrons. The largest absolute Gasteiger partial charge is 0.496 e. The fraction of sp³-hybridized carbons (Fsp3) is 0.238. The number of carbonyl (C=O) groups is 2. The number of ether oxygens (including phenoxy) is 1. The van der Waals surface area contributed by atoms with E-state index in [2.05, 4.69) is 20.9 Å². The van der Waals surface area contributed by atoms with Crippen LogP contribution in [0.25, 0.3) is 10.9 Å². The molecule has 7 heteroatoms. The van der Waals surface area contributed by atoms with E-state index in [4.69, 9.17) is 4.74 Å². The quantitative estimate of drug-likeness (QED) is 0.675. The van der Waals surface area contributed by atoms with Gasteiger partial charge in [-0.2, -0.15) is 0 Å². The van der Waals surface area contributed by atoms with E-state index < -0.39 is 0 Å². The first-order valence-corrected chi connectivity index (χ1v) is 9.86. The molecular formula is C21H20BrN3O3. The Balaban J connectivity index is 1.51. The molecule has 1 aromatic heterocycles. The molecule has 1 aliphatic rings. The zero-order valence-corrected chi connectivity index (χ0v) is 17.0. The second-order valence-electron chi connectivity index (χ2n) is 6.65. The molecule has 2 amide bonds. The smallest absolute Gasteiger partial charge is 0.256 e. The van der Waals surface area contributed by atoms with Gasteiger partial charge in [-0.3, -0.25) is 9.59 Å². The molecule has 1 saturated heterocycles. The van der Waals surface area contributed by atoms with Crippen molar-refractivity contribution >= 4 is 38.6 Å². The Kier molecular flexibility index (Phi) is 5.09. The van der Waals surface area contributed by atoms with E-state index in [1.807, 2.05) is 42.5 Å². The lowest BCUT2D eigenvalue weighted by Gasteiger charge is -2.34. The van der Waals surface area contributed by atoms with Gasteiger partial charge < -0.3 is 19.5 Å². The van der Waals surface area contributed by atoms with E-state index in [1.165, 1.54) is 0 Å². The minimum atomic E-state index is -0.0607. The van der Waals surface area contributed by atoms with Crippen molar-refractivity contribution in [1.29, 1.82) is 0 Å². The van der Waals surface area contributed by atoms with Crippen LogP contribution >= 0.6 is 15.9 Å². The van der Waals surface area contributed by atoms with Gasteiger partial charge in [-0.25, -0.2) is 0 Å². The molecule has 0 atom stereocenters. The van der Waals surface area contributed by atoms with Gasteiger partial charge in [-0.15, -0.1) is 0 Å². The van der Waals surface area contributed by atoms with E-state index in [0.29, 0.717) is 43.1 Å². The summed E-state index contributed by atoms with van der Waals surface area (Å²) >= 11 is 3.51. The monoisotopic (exact) mass is 441 g/mol. The molecule has 1 N–H and O–H groups in total. The SMILES string of the molecule is COc1ccc(Br)c2[nH]cc(C(=O)N3CCN(C(=O)c4ccccc4)CC3)c12. The van der Waals surface area contributed by atoms with E-state index in [-0.39, 0.29) is 11.8 Å². The Bertz CT molecular complexity index is 1020. The van der Waals surface area contributed by atoms with Crippen molar-refractivity contribution < 1.29 is 14.3 Å². The topological polar surface area (TPSA) is 65.6 Å². The van der Waals surface area contributed by atoms with Crippen molar-refractivity contribution in [1.82, 2.24) is 14.8 Å². The maximum atomic E-state index is 13.1. The molecule has 0 saturated carbocycles. The summed E-state index contributed by atoms with van der Waals surface area (Å²) in [6, 6.07) is 13.0. The first-order chi connectivity index (χ1) is 13.6. The number of piperazine rings is 1. The average molecular weight is 442 g/mol. The normalized spacial score (nSPS) is 14.4. The van der Waals surface area contributed by atoms with Crippen molar-refractivity contribution in [2.75, 3.05) is 33.3 Å². The maximum absolute atomic E-state index is 13.1. The summed E-state index contributed by atoms with van der Waals surface area (Å²) in [5, 5.41) is 0.768. The molecule has 1 aliphatic heterocycles. The summed E-state index contributed by atoms with van der Waals surface area (Å²) in [5.74, 6) is 0.598. The van der Waals surface area contributed by atoms with Crippen LogP contribution in [0.5, 0.6) is 5.75 Å². The lowest BCUT2D eigenvalue weighted by molar-refractivity contribution is 0.0536. The Morgan fingerprint density at radius 2 is 1.61 bits per heavy atom. The third kappa shape index (κ3) is 3.26. The highest BCUT2D eigenvalue weighted by atomic mass is 79.9. The van der Waals surface area contributed by atoms with Crippen LogP contribution in [-0.2, 0) is 0 Å². The third-order valence-electron chi connectivity index (χ3n) is 5.07. The number of fused-ring (bicyclic) bond motifs is 1. The maximum Gasteiger partial charge on any atom is 0.256 e. The van der Waals surface area contributed by atoms with Gasteiger partial charge >= 0.3 is 0 Å². The fourth-order valence-corrected chi connectivity index (χ4v) is 4.01. The number of nitrogens with one attached hydrogen (secondary N) is 1. The van der Waals surface area contributed by atoms with E-state index in [1.54, 1.807) is 23.1 Å². The number of nitrogens with zero attached hydrogens (tertiary/aromatic N) is 2. The predicted octanol–water partition coefficient (Wildman–Crippen LogP) is 3.54.